The van der Waals surface area contributed by atoms with E-state index in [0.717, 1.165) is 27.3 Å². The SMILES string of the molecule is Cc1ccc(C)c(NC(=O)CSc2ccc(NC(=O)/C(=C/c3ccsc3)NC(=O)c3ccccc3)cc2)c1. The van der Waals surface area contributed by atoms with Crippen LogP contribution in [0.25, 0.3) is 6.08 Å². The molecule has 4 aromatic rings. The predicted molar refractivity (Wildman–Crippen MR) is 157 cm³/mol. The van der Waals surface area contributed by atoms with Gasteiger partial charge in [0.1, 0.15) is 5.70 Å². The van der Waals surface area contributed by atoms with Crippen LogP contribution in [0.5, 0.6) is 0 Å². The lowest BCUT2D eigenvalue weighted by Gasteiger charge is -2.12. The summed E-state index contributed by atoms with van der Waals surface area (Å²) in [5.41, 5.74) is 4.91. The molecule has 0 aliphatic carbocycles. The molecule has 1 aromatic heterocycles. The Morgan fingerprint density at radius 2 is 1.66 bits per heavy atom. The summed E-state index contributed by atoms with van der Waals surface area (Å²) < 4.78 is 0. The van der Waals surface area contributed by atoms with Crippen molar-refractivity contribution in [2.75, 3.05) is 16.4 Å². The van der Waals surface area contributed by atoms with Crippen LogP contribution in [0.15, 0.2) is 100 Å². The van der Waals surface area contributed by atoms with Crippen LogP contribution in [0.4, 0.5) is 11.4 Å². The second-order valence-corrected chi connectivity index (χ2v) is 10.4. The highest BCUT2D eigenvalue weighted by Crippen LogP contribution is 2.22. The van der Waals surface area contributed by atoms with Gasteiger partial charge in [0.15, 0.2) is 0 Å². The number of anilines is 2. The van der Waals surface area contributed by atoms with E-state index < -0.39 is 5.91 Å². The summed E-state index contributed by atoms with van der Waals surface area (Å²) in [6, 6.07) is 23.8. The molecule has 6 nitrogen and oxygen atoms in total. The molecular weight excluding hydrogens is 514 g/mol. The van der Waals surface area contributed by atoms with E-state index in [0.29, 0.717) is 11.3 Å². The normalized spacial score (nSPS) is 11.1. The average molecular weight is 542 g/mol. The summed E-state index contributed by atoms with van der Waals surface area (Å²) in [5, 5.41) is 12.3. The number of thioether (sulfide) groups is 1. The van der Waals surface area contributed by atoms with Gasteiger partial charge in [-0.1, -0.05) is 30.3 Å². The average Bonchev–Trinajstić information content (AvgIpc) is 3.43. The fourth-order valence-electron chi connectivity index (χ4n) is 3.50. The van der Waals surface area contributed by atoms with Gasteiger partial charge < -0.3 is 16.0 Å². The van der Waals surface area contributed by atoms with Crippen LogP contribution in [-0.2, 0) is 9.59 Å². The van der Waals surface area contributed by atoms with Crippen LogP contribution in [0, 0.1) is 13.8 Å². The molecule has 0 aliphatic rings. The molecule has 3 aromatic carbocycles. The third-order valence-corrected chi connectivity index (χ3v) is 7.25. The van der Waals surface area contributed by atoms with E-state index in [2.05, 4.69) is 16.0 Å². The molecule has 192 valence electrons. The maximum atomic E-state index is 13.1. The largest absolute Gasteiger partial charge is 0.325 e. The first-order valence-corrected chi connectivity index (χ1v) is 13.8. The number of nitrogens with one attached hydrogen (secondary N) is 3. The number of amides is 3. The summed E-state index contributed by atoms with van der Waals surface area (Å²) in [6.07, 6.45) is 1.64. The fraction of sp³-hybridized carbons (Fsp3) is 0.100. The molecule has 0 spiro atoms. The number of hydrogen-bond acceptors (Lipinski definition) is 5. The molecule has 38 heavy (non-hydrogen) atoms. The zero-order chi connectivity index (χ0) is 26.9. The molecule has 0 bridgehead atoms. The van der Waals surface area contributed by atoms with Crippen molar-refractivity contribution in [1.82, 2.24) is 5.32 Å². The van der Waals surface area contributed by atoms with Gasteiger partial charge in [-0.15, -0.1) is 11.8 Å². The summed E-state index contributed by atoms with van der Waals surface area (Å²) >= 11 is 2.91. The molecular formula is C30H27N3O3S2. The number of thiophene rings is 1. The van der Waals surface area contributed by atoms with E-state index in [-0.39, 0.29) is 23.3 Å². The molecule has 8 heteroatoms. The number of benzene rings is 3. The van der Waals surface area contributed by atoms with Crippen molar-refractivity contribution in [1.29, 1.82) is 0 Å². The van der Waals surface area contributed by atoms with E-state index >= 15 is 0 Å². The summed E-state index contributed by atoms with van der Waals surface area (Å²) in [6.45, 7) is 3.95. The van der Waals surface area contributed by atoms with Gasteiger partial charge in [0.05, 0.1) is 5.75 Å². The number of carbonyl (C=O) groups is 3. The second-order valence-electron chi connectivity index (χ2n) is 8.57. The first kappa shape index (κ1) is 26.9. The van der Waals surface area contributed by atoms with Crippen molar-refractivity contribution in [2.45, 2.75) is 18.7 Å². The lowest BCUT2D eigenvalue weighted by molar-refractivity contribution is -0.114. The Bertz CT molecular complexity index is 1450. The highest BCUT2D eigenvalue weighted by molar-refractivity contribution is 8.00. The lowest BCUT2D eigenvalue weighted by atomic mass is 10.1. The highest BCUT2D eigenvalue weighted by atomic mass is 32.2. The number of aryl methyl sites for hydroxylation is 2. The summed E-state index contributed by atoms with van der Waals surface area (Å²) in [7, 11) is 0. The van der Waals surface area contributed by atoms with Gasteiger partial charge in [0.2, 0.25) is 5.91 Å². The second kappa shape index (κ2) is 12.9. The Hall–Kier alpha value is -4.14. The molecule has 3 N–H and O–H groups in total. The van der Waals surface area contributed by atoms with Gasteiger partial charge in [-0.3, -0.25) is 14.4 Å². The van der Waals surface area contributed by atoms with Crippen LogP contribution in [0.3, 0.4) is 0 Å². The minimum Gasteiger partial charge on any atom is -0.325 e. The van der Waals surface area contributed by atoms with Crippen LogP contribution in [0.1, 0.15) is 27.0 Å². The van der Waals surface area contributed by atoms with E-state index in [1.165, 1.54) is 23.1 Å². The number of rotatable bonds is 9. The summed E-state index contributed by atoms with van der Waals surface area (Å²) in [4.78, 5) is 39.1. The minimum absolute atomic E-state index is 0.0848. The number of hydrogen-bond donors (Lipinski definition) is 3. The number of carbonyl (C=O) groups excluding carboxylic acids is 3. The quantitative estimate of drug-likeness (QED) is 0.167. The van der Waals surface area contributed by atoms with Gasteiger partial charge in [-0.25, -0.2) is 0 Å². The Kier molecular flexibility index (Phi) is 9.13. The third-order valence-electron chi connectivity index (χ3n) is 5.53. The molecule has 3 amide bonds. The van der Waals surface area contributed by atoms with Gasteiger partial charge in [0.25, 0.3) is 11.8 Å². The zero-order valence-corrected chi connectivity index (χ0v) is 22.6. The van der Waals surface area contributed by atoms with Crippen molar-refractivity contribution in [3.8, 4) is 0 Å². The van der Waals surface area contributed by atoms with Crippen molar-refractivity contribution in [3.05, 3.63) is 118 Å². The third kappa shape index (κ3) is 7.68. The lowest BCUT2D eigenvalue weighted by Crippen LogP contribution is -2.30. The highest BCUT2D eigenvalue weighted by Gasteiger charge is 2.15. The molecule has 0 unspecified atom stereocenters. The maximum Gasteiger partial charge on any atom is 0.272 e. The van der Waals surface area contributed by atoms with Crippen molar-refractivity contribution in [3.63, 3.8) is 0 Å². The molecule has 1 heterocycles. The first-order valence-electron chi connectivity index (χ1n) is 11.9. The Balaban J connectivity index is 1.37. The summed E-state index contributed by atoms with van der Waals surface area (Å²) in [5.74, 6) is -0.627. The Morgan fingerprint density at radius 3 is 2.37 bits per heavy atom. The Morgan fingerprint density at radius 1 is 0.895 bits per heavy atom. The van der Waals surface area contributed by atoms with Crippen LogP contribution in [-0.4, -0.2) is 23.5 Å². The molecule has 4 rings (SSSR count). The molecule has 0 aliphatic heterocycles. The van der Waals surface area contributed by atoms with E-state index in [1.54, 1.807) is 42.5 Å². The van der Waals surface area contributed by atoms with Gasteiger partial charge in [-0.05, 0) is 95.9 Å². The van der Waals surface area contributed by atoms with E-state index in [9.17, 15) is 14.4 Å². The molecule has 0 atom stereocenters. The monoisotopic (exact) mass is 541 g/mol. The van der Waals surface area contributed by atoms with Gasteiger partial charge in [0, 0.05) is 21.8 Å². The Labute approximate surface area is 230 Å². The standard InChI is InChI=1S/C30H27N3O3S2/c1-20-8-9-21(2)26(16-20)32-28(34)19-38-25-12-10-24(11-13-25)31-30(36)27(17-22-14-15-37-18-22)33-29(35)23-6-4-3-5-7-23/h3-18H,19H2,1-2H3,(H,31,36)(H,32,34)(H,33,35)/b27-17-. The molecule has 0 radical (unpaired) electrons. The fourth-order valence-corrected chi connectivity index (χ4v) is 4.82. The molecule has 0 saturated heterocycles. The van der Waals surface area contributed by atoms with Gasteiger partial charge in [-0.2, -0.15) is 11.3 Å². The molecule has 0 fully saturated rings. The van der Waals surface area contributed by atoms with Crippen LogP contribution >= 0.6 is 23.1 Å². The van der Waals surface area contributed by atoms with Crippen molar-refractivity contribution in [2.24, 2.45) is 0 Å². The zero-order valence-electron chi connectivity index (χ0n) is 21.0. The maximum absolute atomic E-state index is 13.1. The predicted octanol–water partition coefficient (Wildman–Crippen LogP) is 6.51. The van der Waals surface area contributed by atoms with E-state index in [4.69, 9.17) is 0 Å². The van der Waals surface area contributed by atoms with Crippen LogP contribution < -0.4 is 16.0 Å². The minimum atomic E-state index is -0.436. The smallest absolute Gasteiger partial charge is 0.272 e. The van der Waals surface area contributed by atoms with Crippen molar-refractivity contribution >= 4 is 58.3 Å². The van der Waals surface area contributed by atoms with Gasteiger partial charge >= 0.3 is 0 Å². The molecule has 0 saturated carbocycles. The van der Waals surface area contributed by atoms with Crippen molar-refractivity contribution < 1.29 is 14.4 Å². The topological polar surface area (TPSA) is 87.3 Å². The van der Waals surface area contributed by atoms with E-state index in [1.807, 2.05) is 67.1 Å². The first-order chi connectivity index (χ1) is 18.4. The van der Waals surface area contributed by atoms with Crippen LogP contribution in [0.2, 0.25) is 0 Å².